The predicted octanol–water partition coefficient (Wildman–Crippen LogP) is 2.88. The van der Waals surface area contributed by atoms with Gasteiger partial charge in [0.05, 0.1) is 16.2 Å². The van der Waals surface area contributed by atoms with Crippen molar-refractivity contribution < 1.29 is 9.72 Å². The van der Waals surface area contributed by atoms with Crippen molar-refractivity contribution in [3.8, 4) is 0 Å². The van der Waals surface area contributed by atoms with Crippen molar-refractivity contribution in [1.82, 2.24) is 10.3 Å². The summed E-state index contributed by atoms with van der Waals surface area (Å²) in [6.45, 7) is 0. The van der Waals surface area contributed by atoms with Gasteiger partial charge in [0.25, 0.3) is 11.6 Å². The van der Waals surface area contributed by atoms with Gasteiger partial charge in [-0.2, -0.15) is 0 Å². The largest absolute Gasteiger partial charge is 0.331 e. The summed E-state index contributed by atoms with van der Waals surface area (Å²) < 4.78 is 0.458. The van der Waals surface area contributed by atoms with E-state index in [-0.39, 0.29) is 10.8 Å². The SMILES string of the molecule is O=C(NC(=S)Nc1ccc([N+](=O)[O-])cc1Br)c1cccnc1. The van der Waals surface area contributed by atoms with Gasteiger partial charge in [0.2, 0.25) is 0 Å². The molecule has 1 aromatic carbocycles. The van der Waals surface area contributed by atoms with Crippen molar-refractivity contribution in [2.24, 2.45) is 0 Å². The fourth-order valence-corrected chi connectivity index (χ4v) is 2.21. The van der Waals surface area contributed by atoms with Crippen LogP contribution in [0.3, 0.4) is 0 Å². The first-order valence-corrected chi connectivity index (χ1v) is 7.14. The number of amides is 1. The average Bonchev–Trinajstić information content (AvgIpc) is 2.50. The number of hydrogen-bond acceptors (Lipinski definition) is 5. The molecule has 0 spiro atoms. The van der Waals surface area contributed by atoms with Crippen LogP contribution in [0.25, 0.3) is 0 Å². The highest BCUT2D eigenvalue weighted by atomic mass is 79.9. The number of anilines is 1. The van der Waals surface area contributed by atoms with Crippen LogP contribution >= 0.6 is 28.1 Å². The summed E-state index contributed by atoms with van der Waals surface area (Å²) in [7, 11) is 0. The van der Waals surface area contributed by atoms with E-state index in [1.54, 1.807) is 18.3 Å². The molecule has 2 rings (SSSR count). The Balaban J connectivity index is 2.03. The Morgan fingerprint density at radius 1 is 1.36 bits per heavy atom. The maximum absolute atomic E-state index is 11.9. The zero-order chi connectivity index (χ0) is 16.1. The number of benzene rings is 1. The molecular weight excluding hydrogens is 372 g/mol. The fourth-order valence-electron chi connectivity index (χ4n) is 1.54. The number of nitro groups is 1. The van der Waals surface area contributed by atoms with Crippen LogP contribution in [0.5, 0.6) is 0 Å². The second kappa shape index (κ2) is 7.05. The molecule has 0 saturated carbocycles. The lowest BCUT2D eigenvalue weighted by Gasteiger charge is -2.10. The van der Waals surface area contributed by atoms with Crippen LogP contribution in [0.2, 0.25) is 0 Å². The Kier molecular flexibility index (Phi) is 5.12. The van der Waals surface area contributed by atoms with Crippen molar-refractivity contribution in [3.05, 3.63) is 62.9 Å². The van der Waals surface area contributed by atoms with Gasteiger partial charge < -0.3 is 5.32 Å². The summed E-state index contributed by atoms with van der Waals surface area (Å²) >= 11 is 8.24. The monoisotopic (exact) mass is 380 g/mol. The highest BCUT2D eigenvalue weighted by Gasteiger charge is 2.12. The molecule has 0 radical (unpaired) electrons. The number of thiocarbonyl (C=S) groups is 1. The van der Waals surface area contributed by atoms with Gasteiger partial charge in [-0.05, 0) is 46.3 Å². The molecule has 9 heteroatoms. The number of aromatic nitrogens is 1. The smallest absolute Gasteiger partial charge is 0.270 e. The van der Waals surface area contributed by atoms with Gasteiger partial charge in [-0.3, -0.25) is 25.2 Å². The Morgan fingerprint density at radius 3 is 2.73 bits per heavy atom. The number of carbonyl (C=O) groups excluding carboxylic acids is 1. The third-order valence-corrected chi connectivity index (χ3v) is 3.42. The van der Waals surface area contributed by atoms with Gasteiger partial charge in [0.1, 0.15) is 0 Å². The number of nitrogens with one attached hydrogen (secondary N) is 2. The molecule has 1 aromatic heterocycles. The Bertz CT molecular complexity index is 739. The van der Waals surface area contributed by atoms with Crippen molar-refractivity contribution in [2.75, 3.05) is 5.32 Å². The Morgan fingerprint density at radius 2 is 2.14 bits per heavy atom. The van der Waals surface area contributed by atoms with Crippen LogP contribution in [-0.2, 0) is 0 Å². The topological polar surface area (TPSA) is 97.2 Å². The molecule has 0 aliphatic carbocycles. The zero-order valence-electron chi connectivity index (χ0n) is 10.9. The number of nitro benzene ring substituents is 1. The molecule has 0 atom stereocenters. The summed E-state index contributed by atoms with van der Waals surface area (Å²) in [5.41, 5.74) is 0.819. The van der Waals surface area contributed by atoms with Gasteiger partial charge in [-0.15, -0.1) is 0 Å². The molecule has 112 valence electrons. The van der Waals surface area contributed by atoms with E-state index < -0.39 is 10.8 Å². The molecule has 0 fully saturated rings. The Hall–Kier alpha value is -2.39. The number of carbonyl (C=O) groups is 1. The molecule has 0 bridgehead atoms. The molecule has 0 aliphatic heterocycles. The highest BCUT2D eigenvalue weighted by Crippen LogP contribution is 2.26. The van der Waals surface area contributed by atoms with Crippen molar-refractivity contribution >= 4 is 50.5 Å². The average molecular weight is 381 g/mol. The molecule has 0 unspecified atom stereocenters. The first-order chi connectivity index (χ1) is 10.5. The van der Waals surface area contributed by atoms with E-state index in [2.05, 4.69) is 31.5 Å². The van der Waals surface area contributed by atoms with E-state index in [9.17, 15) is 14.9 Å². The number of nitrogens with zero attached hydrogens (tertiary/aromatic N) is 2. The lowest BCUT2D eigenvalue weighted by molar-refractivity contribution is -0.384. The third-order valence-electron chi connectivity index (χ3n) is 2.56. The van der Waals surface area contributed by atoms with Crippen LogP contribution in [0.15, 0.2) is 47.2 Å². The molecule has 1 heterocycles. The van der Waals surface area contributed by atoms with E-state index in [1.165, 1.54) is 24.4 Å². The lowest BCUT2D eigenvalue weighted by atomic mass is 10.3. The van der Waals surface area contributed by atoms with E-state index in [0.717, 1.165) is 0 Å². The van der Waals surface area contributed by atoms with E-state index in [4.69, 9.17) is 12.2 Å². The van der Waals surface area contributed by atoms with Gasteiger partial charge in [-0.25, -0.2) is 0 Å². The van der Waals surface area contributed by atoms with Crippen LogP contribution in [-0.4, -0.2) is 20.9 Å². The molecule has 2 N–H and O–H groups in total. The van der Waals surface area contributed by atoms with Gasteiger partial charge in [0.15, 0.2) is 5.11 Å². The van der Waals surface area contributed by atoms with Gasteiger partial charge in [0, 0.05) is 29.0 Å². The minimum atomic E-state index is -0.503. The summed E-state index contributed by atoms with van der Waals surface area (Å²) in [6, 6.07) is 7.41. The number of non-ortho nitro benzene ring substituents is 1. The minimum Gasteiger partial charge on any atom is -0.331 e. The molecular formula is C13H9BrN4O3S. The summed E-state index contributed by atoms with van der Waals surface area (Å²) in [5.74, 6) is -0.399. The number of pyridine rings is 1. The first kappa shape index (κ1) is 16.0. The third kappa shape index (κ3) is 4.06. The van der Waals surface area contributed by atoms with Gasteiger partial charge >= 0.3 is 0 Å². The second-order valence-electron chi connectivity index (χ2n) is 4.07. The highest BCUT2D eigenvalue weighted by molar-refractivity contribution is 9.10. The summed E-state index contributed by atoms with van der Waals surface area (Å²) in [6.07, 6.45) is 2.97. The maximum atomic E-state index is 11.9. The van der Waals surface area contributed by atoms with Gasteiger partial charge in [-0.1, -0.05) is 0 Å². The lowest BCUT2D eigenvalue weighted by Crippen LogP contribution is -2.34. The number of halogens is 1. The minimum absolute atomic E-state index is 0.0530. The van der Waals surface area contributed by atoms with Crippen LogP contribution in [0.1, 0.15) is 10.4 Å². The molecule has 1 amide bonds. The summed E-state index contributed by atoms with van der Waals surface area (Å²) in [4.78, 5) is 25.9. The van der Waals surface area contributed by atoms with Crippen molar-refractivity contribution in [2.45, 2.75) is 0 Å². The Labute approximate surface area is 139 Å². The molecule has 22 heavy (non-hydrogen) atoms. The quantitative estimate of drug-likeness (QED) is 0.482. The van der Waals surface area contributed by atoms with Crippen LogP contribution in [0.4, 0.5) is 11.4 Å². The molecule has 2 aromatic rings. The number of hydrogen-bond donors (Lipinski definition) is 2. The normalized spacial score (nSPS) is 9.86. The van der Waals surface area contributed by atoms with E-state index in [1.807, 2.05) is 0 Å². The van der Waals surface area contributed by atoms with Crippen LogP contribution in [0, 0.1) is 10.1 Å². The predicted molar refractivity (Wildman–Crippen MR) is 88.7 cm³/mol. The standard InChI is InChI=1S/C13H9BrN4O3S/c14-10-6-9(18(20)21)3-4-11(10)16-13(22)17-12(19)8-2-1-5-15-7-8/h1-7H,(H2,16,17,19,22). The maximum Gasteiger partial charge on any atom is 0.270 e. The fraction of sp³-hybridized carbons (Fsp3) is 0. The van der Waals surface area contributed by atoms with Crippen molar-refractivity contribution in [3.63, 3.8) is 0 Å². The molecule has 0 aliphatic rings. The second-order valence-corrected chi connectivity index (χ2v) is 5.33. The van der Waals surface area contributed by atoms with E-state index >= 15 is 0 Å². The van der Waals surface area contributed by atoms with E-state index in [0.29, 0.717) is 15.7 Å². The zero-order valence-corrected chi connectivity index (χ0v) is 13.3. The first-order valence-electron chi connectivity index (χ1n) is 5.93. The summed E-state index contributed by atoms with van der Waals surface area (Å²) in [5, 5.41) is 16.0. The molecule has 0 saturated heterocycles. The van der Waals surface area contributed by atoms with Crippen LogP contribution < -0.4 is 10.6 Å². The molecule has 7 nitrogen and oxygen atoms in total. The van der Waals surface area contributed by atoms with Crippen molar-refractivity contribution in [1.29, 1.82) is 0 Å². The number of rotatable bonds is 3.